The van der Waals surface area contributed by atoms with Gasteiger partial charge in [0.05, 0.1) is 0 Å². The zero-order chi connectivity index (χ0) is 6.41. The molecule has 0 aromatic heterocycles. The molecule has 47 valence electrons. The van der Waals surface area contributed by atoms with Crippen LogP contribution in [0.25, 0.3) is 0 Å². The van der Waals surface area contributed by atoms with Gasteiger partial charge in [0.25, 0.3) is 0 Å². The topological polar surface area (TPSA) is 26.0 Å². The molecule has 0 bridgehead atoms. The second-order valence-corrected chi connectivity index (χ2v) is 5.00. The normalized spacial score (nSPS) is 13.9. The maximum absolute atomic E-state index is 5.32. The molecule has 8 heavy (non-hydrogen) atoms. The molecular formula is C6H14NSn. The van der Waals surface area contributed by atoms with Crippen molar-refractivity contribution in [1.29, 1.82) is 0 Å². The van der Waals surface area contributed by atoms with Crippen LogP contribution >= 0.6 is 0 Å². The maximum atomic E-state index is 5.32. The monoisotopic (exact) mass is 220 g/mol. The predicted octanol–water partition coefficient (Wildman–Crippen LogP) is 1.09. The third-order valence-corrected chi connectivity index (χ3v) is 1.92. The summed E-state index contributed by atoms with van der Waals surface area (Å²) in [6.45, 7) is 3.15. The van der Waals surface area contributed by atoms with Crippen LogP contribution in [0.15, 0.2) is 0 Å². The van der Waals surface area contributed by atoms with Gasteiger partial charge in [-0.25, -0.2) is 0 Å². The fraction of sp³-hybridized carbons (Fsp3) is 1.00. The standard InChI is InChI=1S/C6H14N.Sn/c1-2-3-4-5-6-7;/h2H,3-7H2,1H3;. The molecule has 0 spiro atoms. The number of unbranched alkanes of at least 4 members (excludes halogenated alkanes) is 1. The summed E-state index contributed by atoms with van der Waals surface area (Å²) >= 11 is 1.66. The molecule has 0 saturated heterocycles. The van der Waals surface area contributed by atoms with Gasteiger partial charge in [0.15, 0.2) is 0 Å². The van der Waals surface area contributed by atoms with E-state index in [9.17, 15) is 0 Å². The van der Waals surface area contributed by atoms with E-state index in [0.29, 0.717) is 0 Å². The summed E-state index contributed by atoms with van der Waals surface area (Å²) in [6.07, 6.45) is 3.90. The molecule has 0 aliphatic carbocycles. The average Bonchev–Trinajstić information content (AvgIpc) is 1.66. The van der Waals surface area contributed by atoms with Crippen molar-refractivity contribution >= 4 is 22.5 Å². The molecule has 0 saturated carbocycles. The minimum absolute atomic E-state index is 0.864. The van der Waals surface area contributed by atoms with Crippen LogP contribution in [0.2, 0.25) is 3.93 Å². The Morgan fingerprint density at radius 2 is 2.12 bits per heavy atom. The van der Waals surface area contributed by atoms with Gasteiger partial charge in [-0.15, -0.1) is 0 Å². The van der Waals surface area contributed by atoms with Crippen LogP contribution in [0, 0.1) is 0 Å². The first-order chi connectivity index (χ1) is 3.77. The van der Waals surface area contributed by atoms with E-state index in [0.717, 1.165) is 10.5 Å². The van der Waals surface area contributed by atoms with Crippen LogP contribution in [-0.4, -0.2) is 29.1 Å². The summed E-state index contributed by atoms with van der Waals surface area (Å²) in [5, 5.41) is 0. The minimum atomic E-state index is 0.864. The molecule has 0 aliphatic heterocycles. The third-order valence-electron chi connectivity index (χ3n) is 1.09. The molecule has 2 N–H and O–H groups in total. The average molecular weight is 219 g/mol. The number of nitrogens with two attached hydrogens (primary N) is 1. The summed E-state index contributed by atoms with van der Waals surface area (Å²) < 4.78 is 0.939. The fourth-order valence-corrected chi connectivity index (χ4v) is 1.18. The van der Waals surface area contributed by atoms with Gasteiger partial charge in [0.2, 0.25) is 0 Å². The molecule has 1 unspecified atom stereocenters. The van der Waals surface area contributed by atoms with E-state index < -0.39 is 0 Å². The number of hydrogen-bond acceptors (Lipinski definition) is 1. The molecule has 0 amide bonds. The molecule has 2 heteroatoms. The Balaban J connectivity index is 2.72. The van der Waals surface area contributed by atoms with E-state index in [4.69, 9.17) is 5.73 Å². The second kappa shape index (κ2) is 5.89. The van der Waals surface area contributed by atoms with Crippen LogP contribution in [0.3, 0.4) is 0 Å². The van der Waals surface area contributed by atoms with Gasteiger partial charge in [0.1, 0.15) is 0 Å². The zero-order valence-corrected chi connectivity index (χ0v) is 8.34. The molecule has 1 nitrogen and oxygen atoms in total. The quantitative estimate of drug-likeness (QED) is 0.555. The Bertz CT molecular complexity index is 45.8. The molecule has 0 aromatic carbocycles. The van der Waals surface area contributed by atoms with Gasteiger partial charge in [0, 0.05) is 0 Å². The van der Waals surface area contributed by atoms with Gasteiger partial charge >= 0.3 is 64.9 Å². The Labute approximate surface area is 65.1 Å². The summed E-state index contributed by atoms with van der Waals surface area (Å²) in [5.74, 6) is 0. The van der Waals surface area contributed by atoms with E-state index in [1.54, 1.807) is 22.5 Å². The zero-order valence-electron chi connectivity index (χ0n) is 5.48. The molecular weight excluding hydrogens is 205 g/mol. The first-order valence-electron chi connectivity index (χ1n) is 3.18. The molecule has 0 aliphatic rings. The van der Waals surface area contributed by atoms with Crippen LogP contribution in [0.1, 0.15) is 26.2 Å². The summed E-state index contributed by atoms with van der Waals surface area (Å²) in [4.78, 5) is 0. The van der Waals surface area contributed by atoms with Gasteiger partial charge in [-0.2, -0.15) is 0 Å². The van der Waals surface area contributed by atoms with E-state index in [1.807, 2.05) is 0 Å². The van der Waals surface area contributed by atoms with Crippen molar-refractivity contribution in [2.75, 3.05) is 6.54 Å². The summed E-state index contributed by atoms with van der Waals surface area (Å²) in [7, 11) is 0. The van der Waals surface area contributed by atoms with Crippen molar-refractivity contribution in [3.63, 3.8) is 0 Å². The predicted molar refractivity (Wildman–Crippen MR) is 38.1 cm³/mol. The van der Waals surface area contributed by atoms with Crippen LogP contribution in [0.4, 0.5) is 0 Å². The van der Waals surface area contributed by atoms with E-state index in [2.05, 4.69) is 6.92 Å². The molecule has 0 heterocycles. The fourth-order valence-electron chi connectivity index (χ4n) is 0.595. The van der Waals surface area contributed by atoms with Crippen LogP contribution in [0.5, 0.6) is 0 Å². The van der Waals surface area contributed by atoms with Crippen molar-refractivity contribution in [3.05, 3.63) is 0 Å². The van der Waals surface area contributed by atoms with Crippen molar-refractivity contribution in [2.24, 2.45) is 5.73 Å². The summed E-state index contributed by atoms with van der Waals surface area (Å²) in [6, 6.07) is 0. The molecule has 0 aromatic rings. The molecule has 3 radical (unpaired) electrons. The van der Waals surface area contributed by atoms with Gasteiger partial charge in [-0.1, -0.05) is 0 Å². The molecule has 0 rings (SSSR count). The number of hydrogen-bond donors (Lipinski definition) is 1. The van der Waals surface area contributed by atoms with Crippen molar-refractivity contribution < 1.29 is 0 Å². The second-order valence-electron chi connectivity index (χ2n) is 2.19. The van der Waals surface area contributed by atoms with E-state index in [1.165, 1.54) is 19.3 Å². The van der Waals surface area contributed by atoms with Crippen molar-refractivity contribution in [1.82, 2.24) is 0 Å². The van der Waals surface area contributed by atoms with E-state index >= 15 is 0 Å². The number of rotatable bonds is 4. The SMILES string of the molecule is C[CH]([Sn])CCCCN. The first kappa shape index (κ1) is 8.76. The van der Waals surface area contributed by atoms with Gasteiger partial charge < -0.3 is 0 Å². The Morgan fingerprint density at radius 1 is 1.50 bits per heavy atom. The Kier molecular flexibility index (Phi) is 6.45. The van der Waals surface area contributed by atoms with Crippen molar-refractivity contribution in [3.8, 4) is 0 Å². The van der Waals surface area contributed by atoms with Crippen LogP contribution in [-0.2, 0) is 0 Å². The van der Waals surface area contributed by atoms with Crippen LogP contribution < -0.4 is 5.73 Å². The first-order valence-corrected chi connectivity index (χ1v) is 4.83. The third kappa shape index (κ3) is 6.76. The van der Waals surface area contributed by atoms with Gasteiger partial charge in [-0.3, -0.25) is 0 Å². The van der Waals surface area contributed by atoms with E-state index in [-0.39, 0.29) is 0 Å². The Morgan fingerprint density at radius 3 is 2.50 bits per heavy atom. The molecule has 1 atom stereocenters. The Hall–Kier alpha value is 0.759. The van der Waals surface area contributed by atoms with Crippen molar-refractivity contribution in [2.45, 2.75) is 30.1 Å². The summed E-state index contributed by atoms with van der Waals surface area (Å²) in [5.41, 5.74) is 5.32. The van der Waals surface area contributed by atoms with Gasteiger partial charge in [-0.05, 0) is 0 Å². The molecule has 0 fully saturated rings.